The summed E-state index contributed by atoms with van der Waals surface area (Å²) in [5.74, 6) is 3.60. The molecule has 106 valence electrons. The first kappa shape index (κ1) is 19.3. The zero-order valence-electron chi connectivity index (χ0n) is 13.8. The lowest BCUT2D eigenvalue weighted by atomic mass is 9.88. The van der Waals surface area contributed by atoms with Gasteiger partial charge >= 0.3 is 0 Å². The van der Waals surface area contributed by atoms with Crippen molar-refractivity contribution in [1.82, 2.24) is 0 Å². The maximum atomic E-state index is 2.42. The molecule has 0 fully saturated rings. The van der Waals surface area contributed by atoms with Crippen molar-refractivity contribution in [3.8, 4) is 0 Å². The van der Waals surface area contributed by atoms with Crippen LogP contribution in [0.4, 0.5) is 0 Å². The van der Waals surface area contributed by atoms with Crippen LogP contribution < -0.4 is 0 Å². The van der Waals surface area contributed by atoms with Gasteiger partial charge in [0.05, 0.1) is 0 Å². The molecule has 0 N–H and O–H groups in total. The molecule has 0 rings (SSSR count). The highest BCUT2D eigenvalue weighted by molar-refractivity contribution is 4.62. The van der Waals surface area contributed by atoms with Gasteiger partial charge in [0, 0.05) is 0 Å². The van der Waals surface area contributed by atoms with Crippen molar-refractivity contribution in [3.05, 3.63) is 0 Å². The molecule has 2 unspecified atom stereocenters. The van der Waals surface area contributed by atoms with Crippen LogP contribution in [0, 0.1) is 23.7 Å². The van der Waals surface area contributed by atoms with Crippen LogP contribution in [0.3, 0.4) is 0 Å². The van der Waals surface area contributed by atoms with Crippen molar-refractivity contribution in [3.63, 3.8) is 0 Å². The average Bonchev–Trinajstić information content (AvgIpc) is 2.26. The van der Waals surface area contributed by atoms with E-state index < -0.39 is 0 Å². The van der Waals surface area contributed by atoms with Crippen molar-refractivity contribution in [2.45, 2.75) is 87.5 Å². The third kappa shape index (κ3) is 16.0. The van der Waals surface area contributed by atoms with Gasteiger partial charge in [-0.15, -0.1) is 0 Å². The lowest BCUT2D eigenvalue weighted by Gasteiger charge is -2.18. The highest BCUT2D eigenvalue weighted by Gasteiger charge is 2.10. The fraction of sp³-hybridized carbons (Fsp3) is 1.00. The van der Waals surface area contributed by atoms with Crippen LogP contribution >= 0.6 is 0 Å². The van der Waals surface area contributed by atoms with E-state index in [1.54, 1.807) is 0 Å². The largest absolute Gasteiger partial charge is 0.0683 e. The van der Waals surface area contributed by atoms with Crippen LogP contribution in [-0.2, 0) is 0 Å². The van der Waals surface area contributed by atoms with E-state index in [2.05, 4.69) is 41.5 Å². The molecule has 0 aliphatic heterocycles. The van der Waals surface area contributed by atoms with Crippen LogP contribution in [0.2, 0.25) is 0 Å². The van der Waals surface area contributed by atoms with Crippen molar-refractivity contribution in [2.24, 2.45) is 23.7 Å². The number of hydrogen-bond acceptors (Lipinski definition) is 0. The summed E-state index contributed by atoms with van der Waals surface area (Å²) in [4.78, 5) is 0. The molecular formula is C17H38. The molecule has 0 aliphatic rings. The lowest BCUT2D eigenvalue weighted by molar-refractivity contribution is 0.338. The second kappa shape index (κ2) is 12.5. The van der Waals surface area contributed by atoms with Crippen LogP contribution in [-0.4, -0.2) is 0 Å². The predicted molar refractivity (Wildman–Crippen MR) is 82.4 cm³/mol. The van der Waals surface area contributed by atoms with Crippen LogP contribution in [0.15, 0.2) is 0 Å². The third-order valence-corrected chi connectivity index (χ3v) is 3.28. The molecule has 0 aromatic heterocycles. The van der Waals surface area contributed by atoms with Crippen LogP contribution in [0.25, 0.3) is 0 Å². The maximum absolute atomic E-state index is 2.42. The smallest absolute Gasteiger partial charge is 0.0440 e. The summed E-state index contributed by atoms with van der Waals surface area (Å²) < 4.78 is 0. The molecule has 0 radical (unpaired) electrons. The second-order valence-corrected chi connectivity index (χ2v) is 6.39. The SMILES string of the molecule is CC.CC(C)CCC(C)CC(C)CCC(C)C. The van der Waals surface area contributed by atoms with Gasteiger partial charge < -0.3 is 0 Å². The number of rotatable bonds is 8. The van der Waals surface area contributed by atoms with Crippen molar-refractivity contribution in [2.75, 3.05) is 0 Å². The Morgan fingerprint density at radius 2 is 0.824 bits per heavy atom. The fourth-order valence-corrected chi connectivity index (χ4v) is 2.16. The average molecular weight is 242 g/mol. The minimum atomic E-state index is 0.874. The van der Waals surface area contributed by atoms with Gasteiger partial charge in [-0.3, -0.25) is 0 Å². The Labute approximate surface area is 112 Å². The highest BCUT2D eigenvalue weighted by Crippen LogP contribution is 2.23. The Kier molecular flexibility index (Phi) is 14.2. The molecule has 0 heterocycles. The Bertz CT molecular complexity index is 119. The molecule has 0 amide bonds. The molecule has 17 heavy (non-hydrogen) atoms. The van der Waals surface area contributed by atoms with Crippen molar-refractivity contribution in [1.29, 1.82) is 0 Å². The Hall–Kier alpha value is 0. The monoisotopic (exact) mass is 242 g/mol. The molecule has 0 aliphatic carbocycles. The van der Waals surface area contributed by atoms with Gasteiger partial charge in [-0.05, 0) is 30.1 Å². The van der Waals surface area contributed by atoms with Gasteiger partial charge in [-0.2, -0.15) is 0 Å². The van der Waals surface area contributed by atoms with Crippen molar-refractivity contribution < 1.29 is 0 Å². The van der Waals surface area contributed by atoms with E-state index in [9.17, 15) is 0 Å². The Morgan fingerprint density at radius 1 is 0.529 bits per heavy atom. The van der Waals surface area contributed by atoms with E-state index in [-0.39, 0.29) is 0 Å². The van der Waals surface area contributed by atoms with Crippen LogP contribution in [0.1, 0.15) is 87.5 Å². The van der Waals surface area contributed by atoms with Gasteiger partial charge in [0.25, 0.3) is 0 Å². The molecule has 0 heteroatoms. The molecule has 0 aromatic rings. The topological polar surface area (TPSA) is 0 Å². The molecule has 2 atom stereocenters. The molecular weight excluding hydrogens is 204 g/mol. The predicted octanol–water partition coefficient (Wildman–Crippen LogP) is 6.55. The van der Waals surface area contributed by atoms with E-state index in [0.717, 1.165) is 23.7 Å². The molecule has 0 saturated heterocycles. The normalized spacial score (nSPS) is 14.5. The first-order chi connectivity index (χ1) is 7.91. The Morgan fingerprint density at radius 3 is 1.06 bits per heavy atom. The summed E-state index contributed by atoms with van der Waals surface area (Å²) in [5, 5.41) is 0. The zero-order chi connectivity index (χ0) is 13.8. The van der Waals surface area contributed by atoms with Crippen molar-refractivity contribution >= 4 is 0 Å². The minimum Gasteiger partial charge on any atom is -0.0683 e. The summed E-state index contributed by atoms with van der Waals surface area (Å²) in [6.45, 7) is 18.2. The third-order valence-electron chi connectivity index (χ3n) is 3.28. The zero-order valence-corrected chi connectivity index (χ0v) is 13.8. The lowest BCUT2D eigenvalue weighted by Crippen LogP contribution is -2.05. The Balaban J connectivity index is 0. The maximum Gasteiger partial charge on any atom is -0.0440 e. The van der Waals surface area contributed by atoms with Gasteiger partial charge in [0.15, 0.2) is 0 Å². The standard InChI is InChI=1S/C15H32.C2H6/c1-12(2)7-9-14(5)11-15(6)10-8-13(3)4;1-2/h12-15H,7-11H2,1-6H3;1-2H3. The van der Waals surface area contributed by atoms with E-state index in [1.807, 2.05) is 13.8 Å². The second-order valence-electron chi connectivity index (χ2n) is 6.39. The van der Waals surface area contributed by atoms with E-state index in [1.165, 1.54) is 32.1 Å². The first-order valence-electron chi connectivity index (χ1n) is 7.91. The van der Waals surface area contributed by atoms with Crippen LogP contribution in [0.5, 0.6) is 0 Å². The molecule has 0 aromatic carbocycles. The minimum absolute atomic E-state index is 0.874. The fourth-order valence-electron chi connectivity index (χ4n) is 2.16. The summed E-state index contributed by atoms with van der Waals surface area (Å²) in [6, 6.07) is 0. The van der Waals surface area contributed by atoms with Gasteiger partial charge in [0.2, 0.25) is 0 Å². The van der Waals surface area contributed by atoms with Gasteiger partial charge in [0.1, 0.15) is 0 Å². The molecule has 0 bridgehead atoms. The van der Waals surface area contributed by atoms with E-state index >= 15 is 0 Å². The molecule has 0 spiro atoms. The summed E-state index contributed by atoms with van der Waals surface area (Å²) >= 11 is 0. The quantitative estimate of drug-likeness (QED) is 0.453. The van der Waals surface area contributed by atoms with E-state index in [0.29, 0.717) is 0 Å². The molecule has 0 saturated carbocycles. The summed E-state index contributed by atoms with van der Waals surface area (Å²) in [7, 11) is 0. The first-order valence-corrected chi connectivity index (χ1v) is 7.91. The van der Waals surface area contributed by atoms with E-state index in [4.69, 9.17) is 0 Å². The highest BCUT2D eigenvalue weighted by atomic mass is 14.2. The summed E-state index contributed by atoms with van der Waals surface area (Å²) in [5.41, 5.74) is 0. The van der Waals surface area contributed by atoms with Gasteiger partial charge in [-0.25, -0.2) is 0 Å². The number of hydrogen-bond donors (Lipinski definition) is 0. The summed E-state index contributed by atoms with van der Waals surface area (Å²) in [6.07, 6.45) is 7.07. The molecule has 0 nitrogen and oxygen atoms in total. The van der Waals surface area contributed by atoms with Gasteiger partial charge in [-0.1, -0.05) is 81.1 Å².